The zero-order valence-electron chi connectivity index (χ0n) is 21.0. The minimum absolute atomic E-state index is 0.0732. The van der Waals surface area contributed by atoms with Crippen molar-refractivity contribution in [2.45, 2.75) is 19.3 Å². The Morgan fingerprint density at radius 1 is 0.757 bits per heavy atom. The fraction of sp³-hybridized carbons (Fsp3) is 0.0882. The molecule has 0 fully saturated rings. The number of benzene rings is 4. The van der Waals surface area contributed by atoms with Crippen molar-refractivity contribution in [2.24, 2.45) is 0 Å². The van der Waals surface area contributed by atoms with Crippen molar-refractivity contribution in [2.75, 3.05) is 4.90 Å². The van der Waals surface area contributed by atoms with E-state index in [-0.39, 0.29) is 5.41 Å². The van der Waals surface area contributed by atoms with E-state index in [1.54, 1.807) is 0 Å². The third kappa shape index (κ3) is 3.10. The summed E-state index contributed by atoms with van der Waals surface area (Å²) < 4.78 is 2.45. The van der Waals surface area contributed by atoms with E-state index in [1.807, 2.05) is 24.4 Å². The van der Waals surface area contributed by atoms with E-state index < -0.39 is 0 Å². The van der Waals surface area contributed by atoms with Gasteiger partial charge in [0.15, 0.2) is 0 Å². The molecule has 0 amide bonds. The van der Waals surface area contributed by atoms with Gasteiger partial charge >= 0.3 is 0 Å². The smallest absolute Gasteiger partial charge is 0.137 e. The lowest BCUT2D eigenvalue weighted by molar-refractivity contribution is 0.630. The first-order chi connectivity index (χ1) is 18.1. The molecule has 0 spiro atoms. The molecule has 0 radical (unpaired) electrons. The number of rotatable bonds is 4. The van der Waals surface area contributed by atoms with Crippen LogP contribution in [0.5, 0.6) is 0 Å². The molecule has 0 atom stereocenters. The van der Waals surface area contributed by atoms with Crippen molar-refractivity contribution in [1.29, 1.82) is 0 Å². The maximum absolute atomic E-state index is 4.71. The molecular weight excluding hydrogens is 450 g/mol. The summed E-state index contributed by atoms with van der Waals surface area (Å²) in [6.07, 6.45) is 3.72. The molecule has 3 heterocycles. The van der Waals surface area contributed by atoms with Gasteiger partial charge in [-0.2, -0.15) is 0 Å². The van der Waals surface area contributed by atoms with Crippen LogP contribution in [-0.4, -0.2) is 9.55 Å². The number of fused-ring (bicyclic) bond motifs is 5. The monoisotopic (exact) mass is 477 g/mol. The summed E-state index contributed by atoms with van der Waals surface area (Å²) in [5.41, 5.74) is 9.66. The standard InChI is InChI=1S/C34H27N3/c1-4-23-15-17-24(18-16-23)36(32-14-7-8-21-35-32)25-19-20-30-27(22-25)26-10-9-12-29-33(26)37(30)31-13-6-5-11-28(31)34(29,2)3/h4-22H,1H2,2-3H3. The van der Waals surface area contributed by atoms with E-state index in [0.29, 0.717) is 0 Å². The molecule has 178 valence electrons. The Balaban J connectivity index is 1.52. The van der Waals surface area contributed by atoms with E-state index in [4.69, 9.17) is 4.98 Å². The predicted molar refractivity (Wildman–Crippen MR) is 155 cm³/mol. The molecule has 0 saturated carbocycles. The van der Waals surface area contributed by atoms with Gasteiger partial charge in [0.05, 0.1) is 16.7 Å². The maximum atomic E-state index is 4.71. The van der Waals surface area contributed by atoms with Crippen molar-refractivity contribution in [1.82, 2.24) is 9.55 Å². The van der Waals surface area contributed by atoms with E-state index in [2.05, 4.69) is 121 Å². The second-order valence-corrected chi connectivity index (χ2v) is 10.2. The van der Waals surface area contributed by atoms with Crippen molar-refractivity contribution >= 4 is 45.1 Å². The van der Waals surface area contributed by atoms with Crippen molar-refractivity contribution in [3.8, 4) is 5.69 Å². The average Bonchev–Trinajstić information content (AvgIpc) is 3.27. The lowest BCUT2D eigenvalue weighted by Crippen LogP contribution is -2.26. The molecule has 0 unspecified atom stereocenters. The van der Waals surface area contributed by atoms with E-state index in [9.17, 15) is 0 Å². The number of nitrogens with zero attached hydrogens (tertiary/aromatic N) is 3. The van der Waals surface area contributed by atoms with Gasteiger partial charge in [0.2, 0.25) is 0 Å². The minimum Gasteiger partial charge on any atom is -0.309 e. The topological polar surface area (TPSA) is 21.1 Å². The molecule has 2 aromatic heterocycles. The highest BCUT2D eigenvalue weighted by molar-refractivity contribution is 6.12. The molecule has 0 bridgehead atoms. The molecule has 6 aromatic rings. The van der Waals surface area contributed by atoms with Gasteiger partial charge in [-0.1, -0.05) is 81.1 Å². The quantitative estimate of drug-likeness (QED) is 0.253. The van der Waals surface area contributed by atoms with Gasteiger partial charge in [-0.05, 0) is 65.2 Å². The van der Waals surface area contributed by atoms with Crippen LogP contribution in [0.25, 0.3) is 33.6 Å². The third-order valence-corrected chi connectivity index (χ3v) is 7.79. The Morgan fingerprint density at radius 2 is 1.51 bits per heavy atom. The molecule has 1 aliphatic heterocycles. The van der Waals surface area contributed by atoms with Crippen LogP contribution in [0.4, 0.5) is 17.2 Å². The summed E-state index contributed by atoms with van der Waals surface area (Å²) in [5, 5.41) is 2.52. The maximum Gasteiger partial charge on any atom is 0.137 e. The van der Waals surface area contributed by atoms with Gasteiger partial charge in [0.1, 0.15) is 5.82 Å². The number of anilines is 3. The molecule has 0 saturated heterocycles. The fourth-order valence-corrected chi connectivity index (χ4v) is 5.95. The molecule has 1 aliphatic rings. The first-order valence-corrected chi connectivity index (χ1v) is 12.7. The second-order valence-electron chi connectivity index (χ2n) is 10.2. The molecule has 3 heteroatoms. The number of pyridine rings is 1. The molecule has 3 nitrogen and oxygen atoms in total. The predicted octanol–water partition coefficient (Wildman–Crippen LogP) is 8.93. The van der Waals surface area contributed by atoms with E-state index >= 15 is 0 Å². The van der Waals surface area contributed by atoms with Crippen molar-refractivity contribution < 1.29 is 0 Å². The highest BCUT2D eigenvalue weighted by Crippen LogP contribution is 2.48. The van der Waals surface area contributed by atoms with E-state index in [1.165, 1.54) is 38.6 Å². The lowest BCUT2D eigenvalue weighted by Gasteiger charge is -2.34. The Kier molecular flexibility index (Phi) is 4.64. The first kappa shape index (κ1) is 21.6. The van der Waals surface area contributed by atoms with Gasteiger partial charge in [-0.25, -0.2) is 4.98 Å². The summed E-state index contributed by atoms with van der Waals surface area (Å²) in [5.74, 6) is 0.883. The van der Waals surface area contributed by atoms with Crippen LogP contribution in [0.3, 0.4) is 0 Å². The third-order valence-electron chi connectivity index (χ3n) is 7.79. The Bertz CT molecular complexity index is 1810. The zero-order valence-corrected chi connectivity index (χ0v) is 21.0. The summed E-state index contributed by atoms with van der Waals surface area (Å²) in [4.78, 5) is 6.93. The largest absolute Gasteiger partial charge is 0.309 e. The summed E-state index contributed by atoms with van der Waals surface area (Å²) >= 11 is 0. The Labute approximate surface area is 216 Å². The first-order valence-electron chi connectivity index (χ1n) is 12.7. The minimum atomic E-state index is -0.0732. The van der Waals surface area contributed by atoms with Gasteiger partial charge in [-0.15, -0.1) is 0 Å². The van der Waals surface area contributed by atoms with Crippen LogP contribution >= 0.6 is 0 Å². The van der Waals surface area contributed by atoms with Crippen molar-refractivity contribution in [3.05, 3.63) is 133 Å². The molecular formula is C34H27N3. The Hall–Kier alpha value is -4.63. The van der Waals surface area contributed by atoms with Crippen LogP contribution in [0.1, 0.15) is 30.5 Å². The number of aromatic nitrogens is 2. The summed E-state index contributed by atoms with van der Waals surface area (Å²) in [6.45, 7) is 8.58. The summed E-state index contributed by atoms with van der Waals surface area (Å²) in [6, 6.07) is 36.8. The van der Waals surface area contributed by atoms with Gasteiger partial charge in [-0.3, -0.25) is 4.90 Å². The highest BCUT2D eigenvalue weighted by atomic mass is 15.2. The van der Waals surface area contributed by atoms with Gasteiger partial charge < -0.3 is 4.57 Å². The molecule has 0 N–H and O–H groups in total. The number of para-hydroxylation sites is 2. The molecule has 4 aromatic carbocycles. The number of hydrogen-bond acceptors (Lipinski definition) is 2. The molecule has 37 heavy (non-hydrogen) atoms. The number of hydrogen-bond donors (Lipinski definition) is 0. The van der Waals surface area contributed by atoms with Gasteiger partial charge in [0, 0.05) is 33.8 Å². The van der Waals surface area contributed by atoms with Crippen LogP contribution in [0, 0.1) is 0 Å². The second kappa shape index (κ2) is 7.94. The van der Waals surface area contributed by atoms with Crippen LogP contribution < -0.4 is 4.90 Å². The average molecular weight is 478 g/mol. The molecule has 0 aliphatic carbocycles. The SMILES string of the molecule is C=Cc1ccc(N(c2ccc3c(c2)c2cccc4c2n3-c2ccccc2C4(C)C)c2ccccn2)cc1. The van der Waals surface area contributed by atoms with Crippen LogP contribution in [0.2, 0.25) is 0 Å². The van der Waals surface area contributed by atoms with Crippen LogP contribution in [-0.2, 0) is 5.41 Å². The fourth-order valence-electron chi connectivity index (χ4n) is 5.95. The Morgan fingerprint density at radius 3 is 2.30 bits per heavy atom. The zero-order chi connectivity index (χ0) is 25.1. The van der Waals surface area contributed by atoms with Gasteiger partial charge in [0.25, 0.3) is 0 Å². The molecule has 7 rings (SSSR count). The normalized spacial score (nSPS) is 13.5. The summed E-state index contributed by atoms with van der Waals surface area (Å²) in [7, 11) is 0. The van der Waals surface area contributed by atoms with E-state index in [0.717, 1.165) is 22.8 Å². The van der Waals surface area contributed by atoms with Crippen molar-refractivity contribution in [3.63, 3.8) is 0 Å². The highest BCUT2D eigenvalue weighted by Gasteiger charge is 2.34. The van der Waals surface area contributed by atoms with Crippen LogP contribution in [0.15, 0.2) is 116 Å². The lowest BCUT2D eigenvalue weighted by atomic mass is 9.75.